The molecule has 1 aliphatic rings. The first-order chi connectivity index (χ1) is 5.88. The first-order valence-electron chi connectivity index (χ1n) is 5.33. The van der Waals surface area contributed by atoms with E-state index in [0.717, 1.165) is 18.6 Å². The van der Waals surface area contributed by atoms with Gasteiger partial charge in [0.05, 0.1) is 0 Å². The normalized spacial score (nSPS) is 28.1. The molecule has 0 aromatic heterocycles. The smallest absolute Gasteiger partial charge is 0.123 e. The molecule has 0 N–H and O–H groups in total. The predicted molar refractivity (Wildman–Crippen MR) is 51.0 cm³/mol. The van der Waals surface area contributed by atoms with Crippen LogP contribution in [0.1, 0.15) is 51.9 Å². The predicted octanol–water partition coefficient (Wildman–Crippen LogP) is 3.18. The van der Waals surface area contributed by atoms with Crippen molar-refractivity contribution in [1.82, 2.24) is 0 Å². The minimum Gasteiger partial charge on any atom is -0.303 e. The lowest BCUT2D eigenvalue weighted by molar-refractivity contribution is -0.115. The van der Waals surface area contributed by atoms with Crippen molar-refractivity contribution in [1.29, 1.82) is 0 Å². The molecule has 0 saturated heterocycles. The Morgan fingerprint density at radius 1 is 1.25 bits per heavy atom. The van der Waals surface area contributed by atoms with Crippen LogP contribution < -0.4 is 0 Å². The Kier molecular flexibility index (Phi) is 4.34. The van der Waals surface area contributed by atoms with E-state index in [0.29, 0.717) is 5.92 Å². The highest BCUT2D eigenvalue weighted by Gasteiger charge is 2.29. The molecule has 1 rings (SSSR count). The molecule has 0 aromatic rings. The minimum absolute atomic E-state index is 0.423. The van der Waals surface area contributed by atoms with Gasteiger partial charge in [-0.15, -0.1) is 0 Å². The van der Waals surface area contributed by atoms with E-state index in [-0.39, 0.29) is 0 Å². The van der Waals surface area contributed by atoms with Crippen LogP contribution in [0, 0.1) is 11.8 Å². The average Bonchev–Trinajstić information content (AvgIpc) is 2.03. The van der Waals surface area contributed by atoms with Crippen molar-refractivity contribution in [2.24, 2.45) is 11.8 Å². The maximum absolute atomic E-state index is 10.5. The van der Waals surface area contributed by atoms with Crippen molar-refractivity contribution in [2.75, 3.05) is 0 Å². The van der Waals surface area contributed by atoms with Gasteiger partial charge in [0.15, 0.2) is 0 Å². The average molecular weight is 168 g/mol. The largest absolute Gasteiger partial charge is 0.303 e. The van der Waals surface area contributed by atoms with E-state index in [1.54, 1.807) is 0 Å². The summed E-state index contributed by atoms with van der Waals surface area (Å²) in [5.74, 6) is 1.17. The molecule has 0 bridgehead atoms. The van der Waals surface area contributed by atoms with Crippen molar-refractivity contribution in [3.63, 3.8) is 0 Å². The van der Waals surface area contributed by atoms with E-state index in [9.17, 15) is 4.79 Å². The maximum atomic E-state index is 10.5. The minimum atomic E-state index is 0.423. The molecule has 1 aliphatic carbocycles. The lowest BCUT2D eigenvalue weighted by Crippen LogP contribution is -2.26. The molecule has 0 heterocycles. The first-order valence-corrected chi connectivity index (χ1v) is 5.33. The molecular formula is C11H20O. The summed E-state index contributed by atoms with van der Waals surface area (Å²) in [4.78, 5) is 10.5. The fraction of sp³-hybridized carbons (Fsp3) is 0.909. The van der Waals surface area contributed by atoms with Gasteiger partial charge < -0.3 is 4.79 Å². The molecule has 2 atom stereocenters. The summed E-state index contributed by atoms with van der Waals surface area (Å²) >= 11 is 0. The van der Waals surface area contributed by atoms with Crippen molar-refractivity contribution in [3.05, 3.63) is 0 Å². The molecule has 0 unspecified atom stereocenters. The van der Waals surface area contributed by atoms with E-state index in [1.807, 2.05) is 0 Å². The summed E-state index contributed by atoms with van der Waals surface area (Å²) in [6, 6.07) is 0. The summed E-state index contributed by atoms with van der Waals surface area (Å²) in [6.07, 6.45) is 10.3. The van der Waals surface area contributed by atoms with Crippen LogP contribution in [0.5, 0.6) is 0 Å². The van der Waals surface area contributed by atoms with Crippen molar-refractivity contribution in [3.8, 4) is 0 Å². The fourth-order valence-electron chi connectivity index (χ4n) is 1.97. The molecule has 0 aliphatic heterocycles. The summed E-state index contributed by atoms with van der Waals surface area (Å²) in [5.41, 5.74) is 0. The van der Waals surface area contributed by atoms with Crippen molar-refractivity contribution in [2.45, 2.75) is 51.9 Å². The van der Waals surface area contributed by atoms with Gasteiger partial charge in [0.2, 0.25) is 0 Å². The van der Waals surface area contributed by atoms with Crippen LogP contribution in [0.25, 0.3) is 0 Å². The molecule has 0 amide bonds. The van der Waals surface area contributed by atoms with Crippen LogP contribution in [0.4, 0.5) is 0 Å². The SMILES string of the molecule is CCCCCC[C@@H]1CC[C@H]1C=O. The second kappa shape index (κ2) is 5.34. The number of rotatable bonds is 6. The Labute approximate surface area is 75.5 Å². The highest BCUT2D eigenvalue weighted by atomic mass is 16.1. The molecule has 0 aromatic carbocycles. The summed E-state index contributed by atoms with van der Waals surface area (Å²) in [5, 5.41) is 0. The maximum Gasteiger partial charge on any atom is 0.123 e. The van der Waals surface area contributed by atoms with Gasteiger partial charge in [-0.25, -0.2) is 0 Å². The lowest BCUT2D eigenvalue weighted by atomic mass is 9.72. The van der Waals surface area contributed by atoms with Gasteiger partial charge in [0.25, 0.3) is 0 Å². The third-order valence-electron chi connectivity index (χ3n) is 3.08. The Bertz CT molecular complexity index is 131. The molecule has 1 heteroatoms. The second-order valence-corrected chi connectivity index (χ2v) is 3.99. The second-order valence-electron chi connectivity index (χ2n) is 3.99. The molecule has 1 saturated carbocycles. The number of aldehydes is 1. The summed E-state index contributed by atoms with van der Waals surface area (Å²) < 4.78 is 0. The van der Waals surface area contributed by atoms with Gasteiger partial charge in [-0.3, -0.25) is 0 Å². The van der Waals surface area contributed by atoms with Gasteiger partial charge in [-0.05, 0) is 25.2 Å². The first kappa shape index (κ1) is 9.76. The highest BCUT2D eigenvalue weighted by molar-refractivity contribution is 5.55. The zero-order valence-corrected chi connectivity index (χ0v) is 8.09. The molecule has 70 valence electrons. The zero-order valence-electron chi connectivity index (χ0n) is 8.09. The van der Waals surface area contributed by atoms with Crippen LogP contribution in [0.2, 0.25) is 0 Å². The molecule has 0 radical (unpaired) electrons. The van der Waals surface area contributed by atoms with Crippen LogP contribution in [0.3, 0.4) is 0 Å². The van der Waals surface area contributed by atoms with E-state index in [1.165, 1.54) is 38.5 Å². The summed E-state index contributed by atoms with van der Waals surface area (Å²) in [7, 11) is 0. The van der Waals surface area contributed by atoms with Crippen LogP contribution in [0.15, 0.2) is 0 Å². The fourth-order valence-corrected chi connectivity index (χ4v) is 1.97. The van der Waals surface area contributed by atoms with Crippen LogP contribution in [-0.4, -0.2) is 6.29 Å². The standard InChI is InChI=1S/C11H20O/c1-2-3-4-5-6-10-7-8-11(10)9-12/h9-11H,2-8H2,1H3/t10-,11+/m1/s1. The van der Waals surface area contributed by atoms with E-state index >= 15 is 0 Å². The van der Waals surface area contributed by atoms with Crippen molar-refractivity contribution < 1.29 is 4.79 Å². The molecular weight excluding hydrogens is 148 g/mol. The molecule has 1 fully saturated rings. The van der Waals surface area contributed by atoms with Gasteiger partial charge in [-0.1, -0.05) is 32.6 Å². The number of carbonyl (C=O) groups excluding carboxylic acids is 1. The van der Waals surface area contributed by atoms with Gasteiger partial charge in [0, 0.05) is 5.92 Å². The van der Waals surface area contributed by atoms with Crippen molar-refractivity contribution >= 4 is 6.29 Å². The van der Waals surface area contributed by atoms with Gasteiger partial charge in [0.1, 0.15) is 6.29 Å². The monoisotopic (exact) mass is 168 g/mol. The van der Waals surface area contributed by atoms with Crippen LogP contribution in [-0.2, 0) is 4.79 Å². The third kappa shape index (κ3) is 2.62. The van der Waals surface area contributed by atoms with Gasteiger partial charge >= 0.3 is 0 Å². The number of carbonyl (C=O) groups is 1. The Morgan fingerprint density at radius 3 is 2.58 bits per heavy atom. The third-order valence-corrected chi connectivity index (χ3v) is 3.08. The molecule has 12 heavy (non-hydrogen) atoms. The lowest BCUT2D eigenvalue weighted by Gasteiger charge is -2.32. The topological polar surface area (TPSA) is 17.1 Å². The molecule has 1 nitrogen and oxygen atoms in total. The van der Waals surface area contributed by atoms with Crippen LogP contribution >= 0.6 is 0 Å². The van der Waals surface area contributed by atoms with E-state index in [4.69, 9.17) is 0 Å². The zero-order chi connectivity index (χ0) is 8.81. The summed E-state index contributed by atoms with van der Waals surface area (Å²) in [6.45, 7) is 2.23. The number of hydrogen-bond donors (Lipinski definition) is 0. The number of unbranched alkanes of at least 4 members (excludes halogenated alkanes) is 3. The highest BCUT2D eigenvalue weighted by Crippen LogP contribution is 2.36. The van der Waals surface area contributed by atoms with E-state index < -0.39 is 0 Å². The van der Waals surface area contributed by atoms with Gasteiger partial charge in [-0.2, -0.15) is 0 Å². The quantitative estimate of drug-likeness (QED) is 0.440. The molecule has 0 spiro atoms. The Balaban J connectivity index is 1.96. The van der Waals surface area contributed by atoms with E-state index in [2.05, 4.69) is 6.92 Å². The number of hydrogen-bond acceptors (Lipinski definition) is 1. The Hall–Kier alpha value is -0.330. The Morgan fingerprint density at radius 2 is 2.08 bits per heavy atom.